The van der Waals surface area contributed by atoms with Gasteiger partial charge in [-0.2, -0.15) is 5.10 Å². The molecule has 0 aliphatic heterocycles. The van der Waals surface area contributed by atoms with Gasteiger partial charge in [-0.3, -0.25) is 14.9 Å². The number of nitro groups is 1. The Morgan fingerprint density at radius 2 is 1.87 bits per heavy atom. The van der Waals surface area contributed by atoms with E-state index in [2.05, 4.69) is 10.5 Å². The highest BCUT2D eigenvalue weighted by Crippen LogP contribution is 2.26. The van der Waals surface area contributed by atoms with Gasteiger partial charge in [0.05, 0.1) is 16.8 Å². The molecule has 154 valence electrons. The van der Waals surface area contributed by atoms with Gasteiger partial charge in [0.25, 0.3) is 5.69 Å². The van der Waals surface area contributed by atoms with Gasteiger partial charge in [0, 0.05) is 35.5 Å². The minimum Gasteiger partial charge on any atom is -0.317 e. The summed E-state index contributed by atoms with van der Waals surface area (Å²) in [6.07, 6.45) is 2.61. The second-order valence-electron chi connectivity index (χ2n) is 7.17. The number of amides is 1. The molecule has 3 rings (SSSR count). The van der Waals surface area contributed by atoms with Gasteiger partial charge in [-0.1, -0.05) is 36.4 Å². The van der Waals surface area contributed by atoms with Gasteiger partial charge in [0.15, 0.2) is 0 Å². The van der Waals surface area contributed by atoms with Crippen LogP contribution in [-0.2, 0) is 11.2 Å². The molecular weight excluding hydrogens is 380 g/mol. The Labute approximate surface area is 175 Å². The van der Waals surface area contributed by atoms with Crippen LogP contribution in [0, 0.1) is 30.9 Å². The number of hydrogen-bond donors (Lipinski definition) is 1. The van der Waals surface area contributed by atoms with Crippen molar-refractivity contribution in [2.24, 2.45) is 5.10 Å². The van der Waals surface area contributed by atoms with Crippen LogP contribution < -0.4 is 5.43 Å². The fourth-order valence-electron chi connectivity index (χ4n) is 3.37. The van der Waals surface area contributed by atoms with Gasteiger partial charge >= 0.3 is 0 Å². The van der Waals surface area contributed by atoms with E-state index < -0.39 is 4.92 Å². The van der Waals surface area contributed by atoms with Crippen LogP contribution in [0.2, 0.25) is 0 Å². The quantitative estimate of drug-likeness (QED) is 0.360. The predicted molar refractivity (Wildman–Crippen MR) is 117 cm³/mol. The number of carbonyl (C=O) groups is 1. The van der Waals surface area contributed by atoms with E-state index in [0.29, 0.717) is 12.8 Å². The summed E-state index contributed by atoms with van der Waals surface area (Å²) in [6.45, 7) is 5.77. The average Bonchev–Trinajstić information content (AvgIpc) is 3.00. The second kappa shape index (κ2) is 9.17. The summed E-state index contributed by atoms with van der Waals surface area (Å²) in [6, 6.07) is 16.6. The van der Waals surface area contributed by atoms with Crippen LogP contribution in [0.4, 0.5) is 5.69 Å². The van der Waals surface area contributed by atoms with Gasteiger partial charge in [-0.25, -0.2) is 5.43 Å². The third-order valence-corrected chi connectivity index (χ3v) is 4.99. The molecule has 0 saturated carbocycles. The molecule has 0 radical (unpaired) electrons. The zero-order chi connectivity index (χ0) is 21.7. The maximum absolute atomic E-state index is 12.0. The van der Waals surface area contributed by atoms with Gasteiger partial charge in [0.2, 0.25) is 5.91 Å². The fourth-order valence-corrected chi connectivity index (χ4v) is 3.37. The lowest BCUT2D eigenvalue weighted by Gasteiger charge is -2.12. The van der Waals surface area contributed by atoms with E-state index in [4.69, 9.17) is 0 Å². The molecular formula is C23H24N4O3. The first kappa shape index (κ1) is 21.0. The first-order valence-electron chi connectivity index (χ1n) is 9.67. The third kappa shape index (κ3) is 4.81. The summed E-state index contributed by atoms with van der Waals surface area (Å²) in [5, 5.41) is 15.2. The summed E-state index contributed by atoms with van der Waals surface area (Å²) < 4.78 is 1.96. The van der Waals surface area contributed by atoms with Crippen molar-refractivity contribution in [1.29, 1.82) is 0 Å². The zero-order valence-electron chi connectivity index (χ0n) is 17.3. The highest BCUT2D eigenvalue weighted by Gasteiger charge is 2.15. The molecule has 2 aromatic carbocycles. The Kier molecular flexibility index (Phi) is 6.41. The summed E-state index contributed by atoms with van der Waals surface area (Å²) in [5.41, 5.74) is 8.05. The lowest BCUT2D eigenvalue weighted by Crippen LogP contribution is -2.17. The largest absolute Gasteiger partial charge is 0.317 e. The molecule has 0 atom stereocenters. The molecule has 0 unspecified atom stereocenters. The van der Waals surface area contributed by atoms with Gasteiger partial charge in [-0.15, -0.1) is 0 Å². The number of rotatable bonds is 7. The molecule has 0 bridgehead atoms. The number of aromatic nitrogens is 1. The number of hydrazone groups is 1. The fraction of sp³-hybridized carbons (Fsp3) is 0.217. The van der Waals surface area contributed by atoms with Crippen LogP contribution in [0.5, 0.6) is 0 Å². The highest BCUT2D eigenvalue weighted by atomic mass is 16.6. The smallest absolute Gasteiger partial charge is 0.271 e. The van der Waals surface area contributed by atoms with E-state index in [0.717, 1.165) is 33.8 Å². The standard InChI is InChI=1S/C23H24N4O3/c1-16-9-11-21(27(29)30)14-22(16)26-17(2)13-20(18(26)3)15-24-25-23(28)12-10-19-7-5-4-6-8-19/h4-9,11,13-15H,10,12H2,1-3H3,(H,25,28)/b24-15-. The summed E-state index contributed by atoms with van der Waals surface area (Å²) in [5.74, 6) is -0.154. The lowest BCUT2D eigenvalue weighted by atomic mass is 10.1. The maximum atomic E-state index is 12.0. The number of hydrogen-bond acceptors (Lipinski definition) is 4. The first-order valence-corrected chi connectivity index (χ1v) is 9.67. The van der Waals surface area contributed by atoms with Crippen molar-refractivity contribution in [2.45, 2.75) is 33.6 Å². The Morgan fingerprint density at radius 1 is 1.13 bits per heavy atom. The Hall–Kier alpha value is -3.74. The predicted octanol–water partition coefficient (Wildman–Crippen LogP) is 4.39. The molecule has 0 fully saturated rings. The van der Waals surface area contributed by atoms with E-state index >= 15 is 0 Å². The Bertz CT molecular complexity index is 1100. The number of benzene rings is 2. The number of nitro benzene ring substituents is 1. The molecule has 7 heteroatoms. The number of carbonyl (C=O) groups excluding carboxylic acids is 1. The van der Waals surface area contributed by atoms with Crippen LogP contribution in [0.15, 0.2) is 59.7 Å². The summed E-state index contributed by atoms with van der Waals surface area (Å²) >= 11 is 0. The zero-order valence-corrected chi connectivity index (χ0v) is 17.3. The van der Waals surface area contributed by atoms with E-state index in [-0.39, 0.29) is 11.6 Å². The average molecular weight is 404 g/mol. The number of nitrogens with one attached hydrogen (secondary N) is 1. The SMILES string of the molecule is Cc1ccc([N+](=O)[O-])cc1-n1c(C)cc(/C=N\NC(=O)CCc2ccccc2)c1C. The molecule has 1 N–H and O–H groups in total. The summed E-state index contributed by atoms with van der Waals surface area (Å²) in [7, 11) is 0. The van der Waals surface area contributed by atoms with Crippen molar-refractivity contribution in [3.8, 4) is 5.69 Å². The van der Waals surface area contributed by atoms with Crippen LogP contribution in [-0.4, -0.2) is 21.6 Å². The van der Waals surface area contributed by atoms with Crippen molar-refractivity contribution in [2.75, 3.05) is 0 Å². The first-order chi connectivity index (χ1) is 14.4. The Morgan fingerprint density at radius 3 is 2.57 bits per heavy atom. The molecule has 7 nitrogen and oxygen atoms in total. The number of non-ortho nitro benzene ring substituents is 1. The molecule has 1 heterocycles. The van der Waals surface area contributed by atoms with E-state index in [1.165, 1.54) is 6.07 Å². The Balaban J connectivity index is 1.72. The third-order valence-electron chi connectivity index (χ3n) is 4.99. The topological polar surface area (TPSA) is 89.5 Å². The van der Waals surface area contributed by atoms with Crippen molar-refractivity contribution in [3.05, 3.63) is 92.8 Å². The van der Waals surface area contributed by atoms with E-state index in [9.17, 15) is 14.9 Å². The maximum Gasteiger partial charge on any atom is 0.271 e. The molecule has 1 amide bonds. The highest BCUT2D eigenvalue weighted by molar-refractivity contribution is 5.84. The van der Waals surface area contributed by atoms with Crippen molar-refractivity contribution >= 4 is 17.8 Å². The molecule has 0 aliphatic rings. The monoisotopic (exact) mass is 404 g/mol. The van der Waals surface area contributed by atoms with Gasteiger partial charge in [0.1, 0.15) is 0 Å². The number of aryl methyl sites for hydroxylation is 3. The van der Waals surface area contributed by atoms with Crippen molar-refractivity contribution in [1.82, 2.24) is 9.99 Å². The lowest BCUT2D eigenvalue weighted by molar-refractivity contribution is -0.384. The molecule has 0 spiro atoms. The van der Waals surface area contributed by atoms with Crippen molar-refractivity contribution in [3.63, 3.8) is 0 Å². The molecule has 0 aliphatic carbocycles. The van der Waals surface area contributed by atoms with Crippen LogP contribution in [0.1, 0.15) is 34.5 Å². The van der Waals surface area contributed by atoms with Crippen molar-refractivity contribution < 1.29 is 9.72 Å². The number of nitrogens with zero attached hydrogens (tertiary/aromatic N) is 3. The molecule has 0 saturated heterocycles. The van der Waals surface area contributed by atoms with Crippen LogP contribution in [0.25, 0.3) is 5.69 Å². The van der Waals surface area contributed by atoms with Crippen LogP contribution in [0.3, 0.4) is 0 Å². The molecule has 30 heavy (non-hydrogen) atoms. The second-order valence-corrected chi connectivity index (χ2v) is 7.17. The minimum absolute atomic E-state index is 0.0454. The minimum atomic E-state index is -0.398. The van der Waals surface area contributed by atoms with E-state index in [1.54, 1.807) is 18.3 Å². The summed E-state index contributed by atoms with van der Waals surface area (Å²) in [4.78, 5) is 22.8. The van der Waals surface area contributed by atoms with E-state index in [1.807, 2.05) is 61.7 Å². The van der Waals surface area contributed by atoms with Gasteiger partial charge in [-0.05, 0) is 44.4 Å². The van der Waals surface area contributed by atoms with Crippen LogP contribution >= 0.6 is 0 Å². The molecule has 1 aromatic heterocycles. The van der Waals surface area contributed by atoms with Gasteiger partial charge < -0.3 is 4.57 Å². The molecule has 3 aromatic rings. The normalized spacial score (nSPS) is 11.0.